The van der Waals surface area contributed by atoms with Gasteiger partial charge < -0.3 is 15.2 Å². The summed E-state index contributed by atoms with van der Waals surface area (Å²) in [7, 11) is 0. The van der Waals surface area contributed by atoms with Crippen LogP contribution in [-0.2, 0) is 6.54 Å². The van der Waals surface area contributed by atoms with Gasteiger partial charge >= 0.3 is 5.69 Å². The Morgan fingerprint density at radius 3 is 2.54 bits per heavy atom. The molecule has 5 rings (SSSR count). The third kappa shape index (κ3) is 5.61. The number of ether oxygens (including phenoxy) is 1. The lowest BCUT2D eigenvalue weighted by atomic mass is 9.90. The maximum Gasteiger partial charge on any atom is 0.333 e. The van der Waals surface area contributed by atoms with Crippen molar-refractivity contribution >= 4 is 22.8 Å². The summed E-state index contributed by atoms with van der Waals surface area (Å²) >= 11 is 1.86. The van der Waals surface area contributed by atoms with Crippen LogP contribution in [0.4, 0.5) is 4.39 Å². The molecular formula is C27H33FN4O4S. The summed E-state index contributed by atoms with van der Waals surface area (Å²) in [6.45, 7) is 0.841. The Hall–Kier alpha value is -2.69. The first-order valence-corrected chi connectivity index (χ1v) is 14.2. The maximum atomic E-state index is 14.1. The molecule has 1 aromatic carbocycles. The van der Waals surface area contributed by atoms with Crippen molar-refractivity contribution < 1.29 is 14.2 Å². The summed E-state index contributed by atoms with van der Waals surface area (Å²) in [5, 5.41) is 12.8. The Labute approximate surface area is 218 Å². The van der Waals surface area contributed by atoms with E-state index in [4.69, 9.17) is 9.84 Å². The molecule has 0 atom stereocenters. The predicted molar refractivity (Wildman–Crippen MR) is 143 cm³/mol. The van der Waals surface area contributed by atoms with Crippen LogP contribution >= 0.6 is 11.8 Å². The minimum atomic E-state index is -0.572. The quantitative estimate of drug-likeness (QED) is 0.462. The van der Waals surface area contributed by atoms with Gasteiger partial charge in [0.15, 0.2) is 0 Å². The summed E-state index contributed by atoms with van der Waals surface area (Å²) in [6, 6.07) is 8.96. The molecule has 2 aromatic heterocycles. The number of halogens is 1. The van der Waals surface area contributed by atoms with Crippen molar-refractivity contribution in [1.29, 1.82) is 0 Å². The summed E-state index contributed by atoms with van der Waals surface area (Å²) in [5.41, 5.74) is 0.550. The summed E-state index contributed by atoms with van der Waals surface area (Å²) in [6.07, 6.45) is 5.75. The molecule has 0 unspecified atom stereocenters. The number of fused-ring (bicyclic) bond motifs is 1. The molecule has 198 valence electrons. The molecule has 1 saturated carbocycles. The van der Waals surface area contributed by atoms with Gasteiger partial charge in [-0.1, -0.05) is 18.2 Å². The number of hydrogen-bond donors (Lipinski definition) is 2. The molecule has 0 amide bonds. The molecule has 3 heterocycles. The second-order valence-corrected chi connectivity index (χ2v) is 11.0. The number of para-hydroxylation sites is 1. The van der Waals surface area contributed by atoms with Crippen LogP contribution in [0.3, 0.4) is 0 Å². The molecule has 1 aliphatic heterocycles. The van der Waals surface area contributed by atoms with Gasteiger partial charge in [0.2, 0.25) is 0 Å². The van der Waals surface area contributed by atoms with E-state index >= 15 is 0 Å². The van der Waals surface area contributed by atoms with Crippen molar-refractivity contribution in [3.8, 4) is 5.75 Å². The van der Waals surface area contributed by atoms with Gasteiger partial charge in [0.25, 0.3) is 5.56 Å². The van der Waals surface area contributed by atoms with E-state index in [1.54, 1.807) is 4.57 Å². The van der Waals surface area contributed by atoms with E-state index in [9.17, 15) is 14.0 Å². The topological polar surface area (TPSA) is 98.4 Å². The second kappa shape index (κ2) is 11.8. The lowest BCUT2D eigenvalue weighted by molar-refractivity contribution is 0.199. The molecule has 0 spiro atoms. The van der Waals surface area contributed by atoms with Crippen molar-refractivity contribution in [2.75, 3.05) is 24.7 Å². The van der Waals surface area contributed by atoms with Crippen LogP contribution in [0, 0.1) is 5.82 Å². The SMILES string of the molecule is O=c1c2cc(F)cnc2n(C2CCSCC2)c(=O)n1C1CCC(NCc2ccccc2OCCO)CC1. The Morgan fingerprint density at radius 1 is 1.05 bits per heavy atom. The minimum absolute atomic E-state index is 0.0350. The number of rotatable bonds is 8. The number of nitrogens with one attached hydrogen (secondary N) is 1. The molecule has 2 fully saturated rings. The van der Waals surface area contributed by atoms with Crippen LogP contribution in [0.5, 0.6) is 5.75 Å². The number of nitrogens with zero attached hydrogens (tertiary/aromatic N) is 3. The number of pyridine rings is 1. The molecule has 2 aliphatic rings. The van der Waals surface area contributed by atoms with Gasteiger partial charge in [-0.15, -0.1) is 0 Å². The summed E-state index contributed by atoms with van der Waals surface area (Å²) in [4.78, 5) is 31.4. The third-order valence-corrected chi connectivity index (χ3v) is 8.49. The normalized spacial score (nSPS) is 20.8. The van der Waals surface area contributed by atoms with E-state index in [0.29, 0.717) is 25.0 Å². The molecule has 2 N–H and O–H groups in total. The Balaban J connectivity index is 1.35. The zero-order chi connectivity index (χ0) is 25.8. The number of aliphatic hydroxyl groups is 1. The first-order chi connectivity index (χ1) is 18.1. The standard InChI is InChI=1S/C27H33FN4O4S/c28-19-15-23-25(30-17-19)31(22-9-13-37-14-10-22)27(35)32(26(23)34)21-7-5-20(6-8-21)29-16-18-3-1-2-4-24(18)36-12-11-33/h1-4,15,17,20-22,29,33H,5-14,16H2. The first kappa shape index (κ1) is 25.9. The fourth-order valence-corrected chi connectivity index (χ4v) is 6.62. The molecule has 8 nitrogen and oxygen atoms in total. The lowest BCUT2D eigenvalue weighted by Crippen LogP contribution is -2.46. The zero-order valence-corrected chi connectivity index (χ0v) is 21.6. The van der Waals surface area contributed by atoms with Crippen molar-refractivity contribution in [2.45, 2.75) is 63.2 Å². The number of thioether (sulfide) groups is 1. The zero-order valence-electron chi connectivity index (χ0n) is 20.8. The van der Waals surface area contributed by atoms with Gasteiger partial charge in [-0.2, -0.15) is 11.8 Å². The van der Waals surface area contributed by atoms with Gasteiger partial charge in [0.1, 0.15) is 23.8 Å². The van der Waals surface area contributed by atoms with Crippen LogP contribution in [-0.4, -0.2) is 50.0 Å². The van der Waals surface area contributed by atoms with Gasteiger partial charge in [-0.25, -0.2) is 14.2 Å². The van der Waals surface area contributed by atoms with Crippen LogP contribution in [0.15, 0.2) is 46.1 Å². The smallest absolute Gasteiger partial charge is 0.333 e. The summed E-state index contributed by atoms with van der Waals surface area (Å²) in [5.74, 6) is 2.08. The highest BCUT2D eigenvalue weighted by Crippen LogP contribution is 2.30. The average molecular weight is 529 g/mol. The third-order valence-electron chi connectivity index (χ3n) is 7.44. The molecule has 0 bridgehead atoms. The van der Waals surface area contributed by atoms with E-state index in [2.05, 4.69) is 10.3 Å². The molecule has 1 saturated heterocycles. The van der Waals surface area contributed by atoms with Crippen LogP contribution in [0.2, 0.25) is 0 Å². The van der Waals surface area contributed by atoms with E-state index in [0.717, 1.165) is 54.7 Å². The predicted octanol–water partition coefficient (Wildman–Crippen LogP) is 3.41. The minimum Gasteiger partial charge on any atom is -0.491 e. The fraction of sp³-hybridized carbons (Fsp3) is 0.519. The number of aliphatic hydroxyl groups excluding tert-OH is 1. The van der Waals surface area contributed by atoms with Crippen LogP contribution < -0.4 is 21.3 Å². The van der Waals surface area contributed by atoms with Gasteiger partial charge in [0, 0.05) is 30.2 Å². The van der Waals surface area contributed by atoms with E-state index in [1.165, 1.54) is 10.6 Å². The highest BCUT2D eigenvalue weighted by molar-refractivity contribution is 7.99. The van der Waals surface area contributed by atoms with Gasteiger partial charge in [-0.3, -0.25) is 13.9 Å². The Bertz CT molecular complexity index is 1350. The molecule has 3 aromatic rings. The highest BCUT2D eigenvalue weighted by Gasteiger charge is 2.29. The van der Waals surface area contributed by atoms with Crippen LogP contribution in [0.1, 0.15) is 56.2 Å². The van der Waals surface area contributed by atoms with Crippen molar-refractivity contribution in [1.82, 2.24) is 19.4 Å². The lowest BCUT2D eigenvalue weighted by Gasteiger charge is -2.32. The van der Waals surface area contributed by atoms with Gasteiger partial charge in [0.05, 0.1) is 18.2 Å². The number of hydrogen-bond acceptors (Lipinski definition) is 7. The average Bonchev–Trinajstić information content (AvgIpc) is 2.93. The van der Waals surface area contributed by atoms with E-state index in [-0.39, 0.29) is 42.4 Å². The maximum absolute atomic E-state index is 14.1. The molecular weight excluding hydrogens is 495 g/mol. The van der Waals surface area contributed by atoms with Crippen LogP contribution in [0.25, 0.3) is 11.0 Å². The number of benzene rings is 1. The van der Waals surface area contributed by atoms with Crippen molar-refractivity contribution in [3.05, 3.63) is 68.7 Å². The fourth-order valence-electron chi connectivity index (χ4n) is 5.54. The molecule has 10 heteroatoms. The summed E-state index contributed by atoms with van der Waals surface area (Å²) < 4.78 is 22.8. The van der Waals surface area contributed by atoms with Crippen molar-refractivity contribution in [2.24, 2.45) is 0 Å². The second-order valence-electron chi connectivity index (χ2n) is 9.76. The van der Waals surface area contributed by atoms with Crippen molar-refractivity contribution in [3.63, 3.8) is 0 Å². The highest BCUT2D eigenvalue weighted by atomic mass is 32.2. The van der Waals surface area contributed by atoms with Gasteiger partial charge in [-0.05, 0) is 62.2 Å². The monoisotopic (exact) mass is 528 g/mol. The molecule has 0 radical (unpaired) electrons. The Morgan fingerprint density at radius 2 is 1.78 bits per heavy atom. The van der Waals surface area contributed by atoms with E-state index < -0.39 is 11.4 Å². The first-order valence-electron chi connectivity index (χ1n) is 13.0. The van der Waals surface area contributed by atoms with E-state index in [1.807, 2.05) is 36.0 Å². The Kier molecular flexibility index (Phi) is 8.26. The molecule has 1 aliphatic carbocycles. The largest absolute Gasteiger partial charge is 0.491 e. The number of aromatic nitrogens is 3. The molecule has 37 heavy (non-hydrogen) atoms.